The van der Waals surface area contributed by atoms with Crippen LogP contribution in [0.5, 0.6) is 0 Å². The molecule has 2 rings (SSSR count). The lowest BCUT2D eigenvalue weighted by atomic mass is 10.2. The van der Waals surface area contributed by atoms with Gasteiger partial charge in [-0.25, -0.2) is 13.4 Å². The fourth-order valence-corrected chi connectivity index (χ4v) is 3.91. The number of sulfone groups is 1. The summed E-state index contributed by atoms with van der Waals surface area (Å²) in [6.45, 7) is -0.0503. The van der Waals surface area contributed by atoms with Crippen LogP contribution in [0.25, 0.3) is 0 Å². The topological polar surface area (TPSA) is 82.8 Å². The van der Waals surface area contributed by atoms with Crippen molar-refractivity contribution in [3.8, 4) is 6.07 Å². The predicted octanol–water partition coefficient (Wildman–Crippen LogP) is 1.96. The molecule has 21 heavy (non-hydrogen) atoms. The highest BCUT2D eigenvalue weighted by molar-refractivity contribution is 7.92. The fraction of sp³-hybridized carbons (Fsp3) is 0.500. The van der Waals surface area contributed by atoms with Gasteiger partial charge in [0, 0.05) is 6.54 Å². The average Bonchev–Trinajstić information content (AvgIpc) is 2.74. The van der Waals surface area contributed by atoms with Crippen LogP contribution in [0.4, 0.5) is 19.0 Å². The summed E-state index contributed by atoms with van der Waals surface area (Å²) in [4.78, 5) is 3.37. The molecule has 1 fully saturated rings. The van der Waals surface area contributed by atoms with E-state index in [1.54, 1.807) is 6.07 Å². The second kappa shape index (κ2) is 5.52. The van der Waals surface area contributed by atoms with E-state index in [9.17, 15) is 21.6 Å². The minimum Gasteiger partial charge on any atom is -0.368 e. The maximum atomic E-state index is 12.6. The molecule has 1 saturated heterocycles. The molecule has 0 amide bonds. The van der Waals surface area contributed by atoms with E-state index in [2.05, 4.69) is 10.3 Å². The quantitative estimate of drug-likeness (QED) is 0.921. The van der Waals surface area contributed by atoms with E-state index in [0.717, 1.165) is 12.1 Å². The third-order valence-electron chi connectivity index (χ3n) is 3.27. The van der Waals surface area contributed by atoms with Crippen LogP contribution in [0.15, 0.2) is 12.1 Å². The van der Waals surface area contributed by atoms with Crippen molar-refractivity contribution in [2.24, 2.45) is 0 Å². The van der Waals surface area contributed by atoms with Gasteiger partial charge in [0.05, 0.1) is 16.6 Å². The van der Waals surface area contributed by atoms with Crippen molar-refractivity contribution in [2.75, 3.05) is 17.6 Å². The number of nitrogens with zero attached hydrogens (tertiary/aromatic N) is 2. The molecule has 0 saturated carbocycles. The molecule has 1 unspecified atom stereocenters. The summed E-state index contributed by atoms with van der Waals surface area (Å²) in [6, 6.07) is 3.46. The van der Waals surface area contributed by atoms with Crippen LogP contribution >= 0.6 is 0 Å². The van der Waals surface area contributed by atoms with E-state index in [4.69, 9.17) is 5.26 Å². The number of nitrogens with one attached hydrogen (secondary N) is 1. The van der Waals surface area contributed by atoms with Crippen molar-refractivity contribution >= 4 is 15.7 Å². The van der Waals surface area contributed by atoms with E-state index in [1.165, 1.54) is 0 Å². The summed E-state index contributed by atoms with van der Waals surface area (Å²) in [7, 11) is -3.21. The van der Waals surface area contributed by atoms with Gasteiger partial charge in [-0.15, -0.1) is 0 Å². The van der Waals surface area contributed by atoms with E-state index < -0.39 is 27.0 Å². The molecule has 1 N–H and O–H groups in total. The van der Waals surface area contributed by atoms with E-state index in [0.29, 0.717) is 12.8 Å². The summed E-state index contributed by atoms with van der Waals surface area (Å²) in [5.74, 6) is -0.157. The first-order valence-electron chi connectivity index (χ1n) is 6.18. The highest BCUT2D eigenvalue weighted by Gasteiger charge is 2.34. The second-order valence-corrected chi connectivity index (χ2v) is 7.11. The van der Waals surface area contributed by atoms with Gasteiger partial charge >= 0.3 is 6.18 Å². The van der Waals surface area contributed by atoms with Crippen LogP contribution in [0, 0.1) is 11.3 Å². The Morgan fingerprint density at radius 3 is 2.67 bits per heavy atom. The zero-order valence-corrected chi connectivity index (χ0v) is 11.6. The third-order valence-corrected chi connectivity index (χ3v) is 5.54. The van der Waals surface area contributed by atoms with Gasteiger partial charge < -0.3 is 5.32 Å². The lowest BCUT2D eigenvalue weighted by Gasteiger charge is -2.14. The Balaban J connectivity index is 2.21. The lowest BCUT2D eigenvalue weighted by Crippen LogP contribution is -2.26. The fourth-order valence-electron chi connectivity index (χ4n) is 2.14. The van der Waals surface area contributed by atoms with Crippen molar-refractivity contribution in [3.63, 3.8) is 0 Å². The van der Waals surface area contributed by atoms with Crippen molar-refractivity contribution in [1.82, 2.24) is 4.98 Å². The zero-order chi connectivity index (χ0) is 15.7. The minimum absolute atomic E-state index is 0.0503. The predicted molar refractivity (Wildman–Crippen MR) is 69.3 cm³/mol. The molecule has 9 heteroatoms. The smallest absolute Gasteiger partial charge is 0.368 e. The Morgan fingerprint density at radius 1 is 1.43 bits per heavy atom. The molecule has 0 radical (unpaired) electrons. The molecule has 0 spiro atoms. The summed E-state index contributed by atoms with van der Waals surface area (Å²) >= 11 is 0. The Hall–Kier alpha value is -1.82. The molecule has 2 heterocycles. The van der Waals surface area contributed by atoms with Gasteiger partial charge in [0.25, 0.3) is 0 Å². The molecule has 0 aromatic carbocycles. The number of nitriles is 1. The number of rotatable bonds is 3. The molecule has 1 aliphatic heterocycles. The Morgan fingerprint density at radius 2 is 2.14 bits per heavy atom. The molecule has 1 aliphatic rings. The average molecular weight is 319 g/mol. The number of hydrogen-bond donors (Lipinski definition) is 1. The van der Waals surface area contributed by atoms with Crippen molar-refractivity contribution in [2.45, 2.75) is 24.3 Å². The number of aromatic nitrogens is 1. The van der Waals surface area contributed by atoms with Gasteiger partial charge in [-0.2, -0.15) is 18.4 Å². The van der Waals surface area contributed by atoms with Gasteiger partial charge in [-0.1, -0.05) is 0 Å². The number of anilines is 1. The van der Waals surface area contributed by atoms with Crippen molar-refractivity contribution in [3.05, 3.63) is 23.4 Å². The molecule has 5 nitrogen and oxygen atoms in total. The summed E-state index contributed by atoms with van der Waals surface area (Å²) in [6.07, 6.45) is -3.63. The Kier molecular flexibility index (Phi) is 4.09. The van der Waals surface area contributed by atoms with Crippen LogP contribution < -0.4 is 5.32 Å². The van der Waals surface area contributed by atoms with E-state index in [-0.39, 0.29) is 23.7 Å². The maximum Gasteiger partial charge on any atom is 0.433 e. The molecule has 0 bridgehead atoms. The maximum absolute atomic E-state index is 12.6. The van der Waals surface area contributed by atoms with E-state index >= 15 is 0 Å². The third kappa shape index (κ3) is 3.44. The van der Waals surface area contributed by atoms with Crippen molar-refractivity contribution in [1.29, 1.82) is 5.26 Å². The standard InChI is InChI=1S/C12H12F3N3O2S/c13-12(14,15)10-4-3-8(6-16)11(18-10)17-7-9-2-1-5-21(9,19)20/h3-4,9H,1-2,5,7H2,(H,17,18). The Bertz CT molecular complexity index is 680. The van der Waals surface area contributed by atoms with Crippen LogP contribution in [0.1, 0.15) is 24.1 Å². The number of hydrogen-bond acceptors (Lipinski definition) is 5. The molecular formula is C12H12F3N3O2S. The highest BCUT2D eigenvalue weighted by Crippen LogP contribution is 2.29. The van der Waals surface area contributed by atoms with Gasteiger partial charge in [-0.05, 0) is 25.0 Å². The minimum atomic E-state index is -4.62. The first-order chi connectivity index (χ1) is 9.74. The lowest BCUT2D eigenvalue weighted by molar-refractivity contribution is -0.141. The number of alkyl halides is 3. The normalized spacial score (nSPS) is 21.0. The van der Waals surface area contributed by atoms with Gasteiger partial charge in [0.1, 0.15) is 17.6 Å². The van der Waals surface area contributed by atoms with Gasteiger partial charge in [0.15, 0.2) is 9.84 Å². The van der Waals surface area contributed by atoms with Crippen LogP contribution in [-0.4, -0.2) is 30.9 Å². The highest BCUT2D eigenvalue weighted by atomic mass is 32.2. The largest absolute Gasteiger partial charge is 0.433 e. The molecule has 114 valence electrons. The van der Waals surface area contributed by atoms with E-state index in [1.807, 2.05) is 0 Å². The first kappa shape index (κ1) is 15.6. The molecule has 0 aliphatic carbocycles. The zero-order valence-electron chi connectivity index (χ0n) is 10.8. The van der Waals surface area contributed by atoms with Crippen molar-refractivity contribution < 1.29 is 21.6 Å². The molecular weight excluding hydrogens is 307 g/mol. The Labute approximate surface area is 119 Å². The summed E-state index contributed by atoms with van der Waals surface area (Å²) in [5, 5.41) is 10.8. The first-order valence-corrected chi connectivity index (χ1v) is 7.89. The molecule has 1 aromatic heterocycles. The second-order valence-electron chi connectivity index (χ2n) is 4.71. The van der Waals surface area contributed by atoms with Crippen LogP contribution in [0.2, 0.25) is 0 Å². The number of pyridine rings is 1. The van der Waals surface area contributed by atoms with Gasteiger partial charge in [0.2, 0.25) is 0 Å². The number of halogens is 3. The molecule has 1 atom stereocenters. The SMILES string of the molecule is N#Cc1ccc(C(F)(F)F)nc1NCC1CCCS1(=O)=O. The van der Waals surface area contributed by atoms with Crippen LogP contribution in [0.3, 0.4) is 0 Å². The molecule has 1 aromatic rings. The summed E-state index contributed by atoms with van der Waals surface area (Å²) < 4.78 is 61.1. The van der Waals surface area contributed by atoms with Crippen LogP contribution in [-0.2, 0) is 16.0 Å². The summed E-state index contributed by atoms with van der Waals surface area (Å²) in [5.41, 5.74) is -1.18. The van der Waals surface area contributed by atoms with Gasteiger partial charge in [-0.3, -0.25) is 0 Å². The monoisotopic (exact) mass is 319 g/mol.